The number of pyridine rings is 1. The van der Waals surface area contributed by atoms with Gasteiger partial charge in [0.05, 0.1) is 7.11 Å². The molecule has 0 aliphatic heterocycles. The van der Waals surface area contributed by atoms with Crippen molar-refractivity contribution in [3.05, 3.63) is 36.0 Å². The summed E-state index contributed by atoms with van der Waals surface area (Å²) in [5.74, 6) is -0.366. The molecule has 0 spiro atoms. The summed E-state index contributed by atoms with van der Waals surface area (Å²) in [5, 5.41) is 9.73. The number of ether oxygens (including phenoxy) is 1. The fraction of sp³-hybridized carbons (Fsp3) is 0.231. The SMILES string of the molecule is COc1cccc2ccc(CC(N)C(=O)O)nc12. The molecule has 1 aromatic carbocycles. The standard InChI is InChI=1S/C13H14N2O3/c1-18-11-4-2-3-8-5-6-9(15-12(8)11)7-10(14)13(16)17/h2-6,10H,7,14H2,1H3,(H,16,17). The number of hydrogen-bond donors (Lipinski definition) is 2. The molecule has 1 unspecified atom stereocenters. The molecule has 2 rings (SSSR count). The van der Waals surface area contributed by atoms with E-state index >= 15 is 0 Å². The minimum absolute atomic E-state index is 0.198. The maximum Gasteiger partial charge on any atom is 0.320 e. The van der Waals surface area contributed by atoms with Crippen LogP contribution in [0.3, 0.4) is 0 Å². The van der Waals surface area contributed by atoms with Crippen molar-refractivity contribution in [1.29, 1.82) is 0 Å². The van der Waals surface area contributed by atoms with Crippen LogP contribution in [0.4, 0.5) is 0 Å². The number of para-hydroxylation sites is 1. The first-order valence-corrected chi connectivity index (χ1v) is 5.53. The van der Waals surface area contributed by atoms with E-state index in [1.807, 2.05) is 24.3 Å². The molecule has 0 saturated carbocycles. The smallest absolute Gasteiger partial charge is 0.320 e. The van der Waals surface area contributed by atoms with Crippen molar-refractivity contribution in [2.75, 3.05) is 7.11 Å². The van der Waals surface area contributed by atoms with Crippen molar-refractivity contribution in [3.63, 3.8) is 0 Å². The summed E-state index contributed by atoms with van der Waals surface area (Å²) in [7, 11) is 1.58. The number of benzene rings is 1. The predicted molar refractivity (Wildman–Crippen MR) is 67.6 cm³/mol. The number of aliphatic carboxylic acids is 1. The molecule has 3 N–H and O–H groups in total. The van der Waals surface area contributed by atoms with Gasteiger partial charge in [-0.25, -0.2) is 4.98 Å². The van der Waals surface area contributed by atoms with Gasteiger partial charge in [0.15, 0.2) is 0 Å². The van der Waals surface area contributed by atoms with Gasteiger partial charge in [0.2, 0.25) is 0 Å². The van der Waals surface area contributed by atoms with E-state index in [-0.39, 0.29) is 6.42 Å². The Balaban J connectivity index is 2.40. The van der Waals surface area contributed by atoms with E-state index in [0.29, 0.717) is 11.4 Å². The average molecular weight is 246 g/mol. The molecule has 1 heterocycles. The normalized spacial score (nSPS) is 12.3. The van der Waals surface area contributed by atoms with Crippen LogP contribution in [0.5, 0.6) is 5.75 Å². The Hall–Kier alpha value is -2.14. The lowest BCUT2D eigenvalue weighted by atomic mass is 10.1. The Kier molecular flexibility index (Phi) is 3.43. The topological polar surface area (TPSA) is 85.4 Å². The summed E-state index contributed by atoms with van der Waals surface area (Å²) >= 11 is 0. The van der Waals surface area contributed by atoms with Crippen LogP contribution in [0.1, 0.15) is 5.69 Å². The molecule has 0 aliphatic carbocycles. The van der Waals surface area contributed by atoms with Gasteiger partial charge in [-0.1, -0.05) is 18.2 Å². The Morgan fingerprint density at radius 3 is 2.89 bits per heavy atom. The highest BCUT2D eigenvalue weighted by Gasteiger charge is 2.13. The van der Waals surface area contributed by atoms with Gasteiger partial charge in [0.25, 0.3) is 0 Å². The quantitative estimate of drug-likeness (QED) is 0.846. The summed E-state index contributed by atoms with van der Waals surface area (Å²) in [6.07, 6.45) is 0.198. The van der Waals surface area contributed by atoms with E-state index in [1.165, 1.54) is 0 Å². The molecule has 2 aromatic rings. The number of carboxylic acids is 1. The molecule has 5 nitrogen and oxygen atoms in total. The van der Waals surface area contributed by atoms with E-state index in [9.17, 15) is 4.79 Å². The third-order valence-electron chi connectivity index (χ3n) is 2.71. The molecule has 0 bridgehead atoms. The summed E-state index contributed by atoms with van der Waals surface area (Å²) in [6.45, 7) is 0. The first-order chi connectivity index (χ1) is 8.61. The van der Waals surface area contributed by atoms with Crippen molar-refractivity contribution in [3.8, 4) is 5.75 Å². The molecule has 5 heteroatoms. The largest absolute Gasteiger partial charge is 0.494 e. The number of carbonyl (C=O) groups is 1. The maximum atomic E-state index is 10.7. The molecule has 0 amide bonds. The maximum absolute atomic E-state index is 10.7. The van der Waals surface area contributed by atoms with Crippen molar-refractivity contribution in [2.45, 2.75) is 12.5 Å². The fourth-order valence-electron chi connectivity index (χ4n) is 1.75. The zero-order valence-corrected chi connectivity index (χ0v) is 9.96. The van der Waals surface area contributed by atoms with Gasteiger partial charge in [0.1, 0.15) is 17.3 Å². The first kappa shape index (κ1) is 12.3. The predicted octanol–water partition coefficient (Wildman–Crippen LogP) is 1.20. The zero-order valence-electron chi connectivity index (χ0n) is 9.96. The van der Waals surface area contributed by atoms with Crippen molar-refractivity contribution in [2.24, 2.45) is 5.73 Å². The molecule has 0 fully saturated rings. The molecule has 0 radical (unpaired) electrons. The number of rotatable bonds is 4. The molecule has 0 aliphatic rings. The average Bonchev–Trinajstić information content (AvgIpc) is 2.37. The van der Waals surface area contributed by atoms with E-state index in [1.54, 1.807) is 13.2 Å². The number of nitrogens with two attached hydrogens (primary N) is 1. The minimum atomic E-state index is -1.03. The molecule has 18 heavy (non-hydrogen) atoms. The summed E-state index contributed by atoms with van der Waals surface area (Å²) in [4.78, 5) is 15.1. The van der Waals surface area contributed by atoms with Gasteiger partial charge in [-0.15, -0.1) is 0 Å². The van der Waals surface area contributed by atoms with E-state index in [4.69, 9.17) is 15.6 Å². The third kappa shape index (κ3) is 2.41. The van der Waals surface area contributed by atoms with Crippen LogP contribution in [0.15, 0.2) is 30.3 Å². The van der Waals surface area contributed by atoms with Crippen LogP contribution in [-0.2, 0) is 11.2 Å². The van der Waals surface area contributed by atoms with E-state index < -0.39 is 12.0 Å². The lowest BCUT2D eigenvalue weighted by Crippen LogP contribution is -2.32. The summed E-state index contributed by atoms with van der Waals surface area (Å²) < 4.78 is 5.22. The molecule has 1 atom stereocenters. The highest BCUT2D eigenvalue weighted by molar-refractivity contribution is 5.84. The molecule has 0 saturated heterocycles. The first-order valence-electron chi connectivity index (χ1n) is 5.53. The van der Waals surface area contributed by atoms with Gasteiger partial charge < -0.3 is 15.6 Å². The van der Waals surface area contributed by atoms with Crippen molar-refractivity contribution < 1.29 is 14.6 Å². The van der Waals surface area contributed by atoms with Crippen molar-refractivity contribution >= 4 is 16.9 Å². The van der Waals surface area contributed by atoms with Crippen LogP contribution in [0, 0.1) is 0 Å². The molecule has 94 valence electrons. The van der Waals surface area contributed by atoms with Crippen LogP contribution >= 0.6 is 0 Å². The monoisotopic (exact) mass is 246 g/mol. The Morgan fingerprint density at radius 1 is 1.44 bits per heavy atom. The fourth-order valence-corrected chi connectivity index (χ4v) is 1.75. The van der Waals surface area contributed by atoms with Gasteiger partial charge in [0, 0.05) is 17.5 Å². The van der Waals surface area contributed by atoms with Crippen LogP contribution in [0.2, 0.25) is 0 Å². The van der Waals surface area contributed by atoms with Gasteiger partial charge >= 0.3 is 5.97 Å². The summed E-state index contributed by atoms with van der Waals surface area (Å²) in [6, 6.07) is 8.34. The highest BCUT2D eigenvalue weighted by Crippen LogP contribution is 2.23. The van der Waals surface area contributed by atoms with Gasteiger partial charge in [-0.05, 0) is 12.1 Å². The number of carboxylic acid groups (broad SMARTS) is 1. The number of fused-ring (bicyclic) bond motifs is 1. The Bertz CT molecular complexity index is 583. The highest BCUT2D eigenvalue weighted by atomic mass is 16.5. The van der Waals surface area contributed by atoms with Crippen LogP contribution in [-0.4, -0.2) is 29.2 Å². The molecular weight excluding hydrogens is 232 g/mol. The van der Waals surface area contributed by atoms with Gasteiger partial charge in [-0.3, -0.25) is 4.79 Å². The summed E-state index contributed by atoms with van der Waals surface area (Å²) in [5.41, 5.74) is 6.85. The minimum Gasteiger partial charge on any atom is -0.494 e. The van der Waals surface area contributed by atoms with E-state index in [0.717, 1.165) is 10.9 Å². The number of aromatic nitrogens is 1. The Labute approximate surface area is 104 Å². The lowest BCUT2D eigenvalue weighted by molar-refractivity contribution is -0.138. The number of hydrogen-bond acceptors (Lipinski definition) is 4. The number of nitrogens with zero attached hydrogens (tertiary/aromatic N) is 1. The second-order valence-electron chi connectivity index (χ2n) is 3.98. The lowest BCUT2D eigenvalue weighted by Gasteiger charge is -2.08. The van der Waals surface area contributed by atoms with Crippen LogP contribution < -0.4 is 10.5 Å². The van der Waals surface area contributed by atoms with Gasteiger partial charge in [-0.2, -0.15) is 0 Å². The number of methoxy groups -OCH3 is 1. The second-order valence-corrected chi connectivity index (χ2v) is 3.98. The van der Waals surface area contributed by atoms with Crippen molar-refractivity contribution in [1.82, 2.24) is 4.98 Å². The van der Waals surface area contributed by atoms with E-state index in [2.05, 4.69) is 4.98 Å². The van der Waals surface area contributed by atoms with Crippen LogP contribution in [0.25, 0.3) is 10.9 Å². The Morgan fingerprint density at radius 2 is 2.22 bits per heavy atom. The zero-order chi connectivity index (χ0) is 13.1. The molecule has 1 aromatic heterocycles. The second kappa shape index (κ2) is 5.01. The molecular formula is C13H14N2O3. The third-order valence-corrected chi connectivity index (χ3v) is 2.71.